The molecule has 0 aliphatic rings. The molecule has 0 saturated carbocycles. The molecular formula is C13H20N2O2. The van der Waals surface area contributed by atoms with Gasteiger partial charge in [0.1, 0.15) is 6.26 Å². The first kappa shape index (κ1) is 13.5. The van der Waals surface area contributed by atoms with Crippen molar-refractivity contribution in [2.45, 2.75) is 33.6 Å². The number of amides is 1. The van der Waals surface area contributed by atoms with Crippen LogP contribution in [0.3, 0.4) is 0 Å². The minimum atomic E-state index is 0.0159. The van der Waals surface area contributed by atoms with Crippen LogP contribution in [0.2, 0.25) is 0 Å². The third-order valence-corrected chi connectivity index (χ3v) is 2.75. The van der Waals surface area contributed by atoms with Gasteiger partial charge in [-0.05, 0) is 19.8 Å². The number of aromatic nitrogens is 1. The van der Waals surface area contributed by atoms with Gasteiger partial charge in [0.2, 0.25) is 5.91 Å². The second kappa shape index (κ2) is 6.23. The molecule has 4 nitrogen and oxygen atoms in total. The number of carbonyl (C=O) groups is 1. The van der Waals surface area contributed by atoms with Crippen molar-refractivity contribution < 1.29 is 9.21 Å². The SMILES string of the molecule is C=CCN(C(=O)C(CC)CC)c1nc(C)co1. The molecule has 17 heavy (non-hydrogen) atoms. The van der Waals surface area contributed by atoms with E-state index in [0.717, 1.165) is 18.5 Å². The number of hydrogen-bond donors (Lipinski definition) is 0. The number of rotatable bonds is 6. The molecule has 1 aromatic heterocycles. The quantitative estimate of drug-likeness (QED) is 0.713. The number of anilines is 1. The van der Waals surface area contributed by atoms with E-state index in [4.69, 9.17) is 4.42 Å². The van der Waals surface area contributed by atoms with Crippen LogP contribution in [0.5, 0.6) is 0 Å². The predicted molar refractivity (Wildman–Crippen MR) is 67.9 cm³/mol. The molecule has 0 saturated heterocycles. The summed E-state index contributed by atoms with van der Waals surface area (Å²) >= 11 is 0. The molecule has 0 aliphatic heterocycles. The highest BCUT2D eigenvalue weighted by molar-refractivity contribution is 5.93. The average Bonchev–Trinajstić information content (AvgIpc) is 2.74. The molecule has 0 atom stereocenters. The summed E-state index contributed by atoms with van der Waals surface area (Å²) in [6, 6.07) is 0.360. The van der Waals surface area contributed by atoms with E-state index in [1.54, 1.807) is 17.2 Å². The fraction of sp³-hybridized carbons (Fsp3) is 0.538. The van der Waals surface area contributed by atoms with Crippen molar-refractivity contribution in [2.24, 2.45) is 5.92 Å². The van der Waals surface area contributed by atoms with Gasteiger partial charge in [0.25, 0.3) is 0 Å². The van der Waals surface area contributed by atoms with E-state index in [2.05, 4.69) is 11.6 Å². The Morgan fingerprint density at radius 2 is 2.24 bits per heavy atom. The molecule has 1 heterocycles. The van der Waals surface area contributed by atoms with Gasteiger partial charge in [-0.15, -0.1) is 6.58 Å². The number of carbonyl (C=O) groups excluding carboxylic acids is 1. The Morgan fingerprint density at radius 3 is 2.65 bits per heavy atom. The van der Waals surface area contributed by atoms with Crippen molar-refractivity contribution in [2.75, 3.05) is 11.4 Å². The molecule has 0 unspecified atom stereocenters. The molecule has 94 valence electrons. The maximum Gasteiger partial charge on any atom is 0.304 e. The average molecular weight is 236 g/mol. The van der Waals surface area contributed by atoms with Gasteiger partial charge in [-0.1, -0.05) is 19.9 Å². The van der Waals surface area contributed by atoms with Crippen molar-refractivity contribution in [1.82, 2.24) is 4.98 Å². The summed E-state index contributed by atoms with van der Waals surface area (Å²) in [6.45, 7) is 9.95. The third-order valence-electron chi connectivity index (χ3n) is 2.75. The normalized spacial score (nSPS) is 10.6. The minimum absolute atomic E-state index is 0.0159. The van der Waals surface area contributed by atoms with Crippen LogP contribution in [0.4, 0.5) is 6.01 Å². The lowest BCUT2D eigenvalue weighted by molar-refractivity contribution is -0.122. The highest BCUT2D eigenvalue weighted by Gasteiger charge is 2.24. The van der Waals surface area contributed by atoms with E-state index in [-0.39, 0.29) is 11.8 Å². The summed E-state index contributed by atoms with van der Waals surface area (Å²) in [5.41, 5.74) is 0.770. The van der Waals surface area contributed by atoms with Crippen LogP contribution >= 0.6 is 0 Å². The van der Waals surface area contributed by atoms with Crippen LogP contribution in [0.15, 0.2) is 23.3 Å². The molecular weight excluding hydrogens is 216 g/mol. The van der Waals surface area contributed by atoms with Gasteiger partial charge in [0.15, 0.2) is 0 Å². The summed E-state index contributed by atoms with van der Waals surface area (Å²) in [5.74, 6) is 0.0684. The molecule has 0 aromatic carbocycles. The van der Waals surface area contributed by atoms with Gasteiger partial charge in [0.05, 0.1) is 5.69 Å². The zero-order valence-corrected chi connectivity index (χ0v) is 10.8. The molecule has 1 aromatic rings. The lowest BCUT2D eigenvalue weighted by Crippen LogP contribution is -2.36. The van der Waals surface area contributed by atoms with Crippen LogP contribution in [0, 0.1) is 12.8 Å². The lowest BCUT2D eigenvalue weighted by atomic mass is 10.0. The van der Waals surface area contributed by atoms with Crippen LogP contribution in [0.25, 0.3) is 0 Å². The Kier molecular flexibility index (Phi) is 4.94. The van der Waals surface area contributed by atoms with E-state index >= 15 is 0 Å². The Morgan fingerprint density at radius 1 is 1.59 bits per heavy atom. The van der Waals surface area contributed by atoms with Crippen LogP contribution in [-0.2, 0) is 4.79 Å². The Hall–Kier alpha value is -1.58. The Labute approximate surface area is 102 Å². The van der Waals surface area contributed by atoms with E-state index in [9.17, 15) is 4.79 Å². The molecule has 0 aliphatic carbocycles. The summed E-state index contributed by atoms with van der Waals surface area (Å²) in [5, 5.41) is 0. The van der Waals surface area contributed by atoms with E-state index in [1.165, 1.54) is 0 Å². The fourth-order valence-electron chi connectivity index (χ4n) is 1.72. The molecule has 0 N–H and O–H groups in total. The van der Waals surface area contributed by atoms with Crippen molar-refractivity contribution in [3.63, 3.8) is 0 Å². The second-order valence-electron chi connectivity index (χ2n) is 4.02. The van der Waals surface area contributed by atoms with Crippen molar-refractivity contribution in [1.29, 1.82) is 0 Å². The van der Waals surface area contributed by atoms with Gasteiger partial charge < -0.3 is 4.42 Å². The van der Waals surface area contributed by atoms with Crippen LogP contribution in [-0.4, -0.2) is 17.4 Å². The molecule has 1 amide bonds. The van der Waals surface area contributed by atoms with Crippen molar-refractivity contribution in [3.05, 3.63) is 24.6 Å². The van der Waals surface area contributed by atoms with Crippen molar-refractivity contribution in [3.8, 4) is 0 Å². The van der Waals surface area contributed by atoms with Gasteiger partial charge in [0, 0.05) is 12.5 Å². The lowest BCUT2D eigenvalue weighted by Gasteiger charge is -2.21. The number of oxazole rings is 1. The molecule has 0 fully saturated rings. The van der Waals surface area contributed by atoms with Gasteiger partial charge in [-0.3, -0.25) is 9.69 Å². The zero-order valence-electron chi connectivity index (χ0n) is 10.8. The van der Waals surface area contributed by atoms with Gasteiger partial charge in [-0.2, -0.15) is 4.98 Å². The highest BCUT2D eigenvalue weighted by Crippen LogP contribution is 2.19. The second-order valence-corrected chi connectivity index (χ2v) is 4.02. The van der Waals surface area contributed by atoms with E-state index in [0.29, 0.717) is 12.6 Å². The molecule has 0 radical (unpaired) electrons. The number of nitrogens with zero attached hydrogens (tertiary/aromatic N) is 2. The third kappa shape index (κ3) is 3.19. The summed E-state index contributed by atoms with van der Waals surface area (Å²) < 4.78 is 5.29. The van der Waals surface area contributed by atoms with Crippen LogP contribution in [0.1, 0.15) is 32.4 Å². The van der Waals surface area contributed by atoms with E-state index in [1.807, 2.05) is 20.8 Å². The summed E-state index contributed by atoms with van der Waals surface area (Å²) in [6.07, 6.45) is 4.87. The number of hydrogen-bond acceptors (Lipinski definition) is 3. The van der Waals surface area contributed by atoms with Crippen LogP contribution < -0.4 is 4.90 Å². The minimum Gasteiger partial charge on any atom is -0.431 e. The first-order chi connectivity index (χ1) is 8.13. The molecule has 0 bridgehead atoms. The molecule has 4 heteroatoms. The van der Waals surface area contributed by atoms with Crippen molar-refractivity contribution >= 4 is 11.9 Å². The maximum atomic E-state index is 12.3. The van der Waals surface area contributed by atoms with E-state index < -0.39 is 0 Å². The van der Waals surface area contributed by atoms with Gasteiger partial charge >= 0.3 is 6.01 Å². The Balaban J connectivity index is 2.92. The first-order valence-corrected chi connectivity index (χ1v) is 5.98. The monoisotopic (exact) mass is 236 g/mol. The molecule has 0 spiro atoms. The maximum absolute atomic E-state index is 12.3. The predicted octanol–water partition coefficient (Wildman–Crippen LogP) is 2.94. The highest BCUT2D eigenvalue weighted by atomic mass is 16.4. The standard InChI is InChI=1S/C13H20N2O2/c1-5-8-15(12(16)11(6-2)7-3)13-14-10(4)9-17-13/h5,9,11H,1,6-8H2,2-4H3. The summed E-state index contributed by atoms with van der Waals surface area (Å²) in [7, 11) is 0. The zero-order chi connectivity index (χ0) is 12.8. The van der Waals surface area contributed by atoms with Gasteiger partial charge in [-0.25, -0.2) is 0 Å². The fourth-order valence-corrected chi connectivity index (χ4v) is 1.72. The smallest absolute Gasteiger partial charge is 0.304 e. The molecule has 1 rings (SSSR count). The first-order valence-electron chi connectivity index (χ1n) is 5.98. The topological polar surface area (TPSA) is 46.3 Å². The Bertz CT molecular complexity index is 381. The summed E-state index contributed by atoms with van der Waals surface area (Å²) in [4.78, 5) is 18.0. The number of aryl methyl sites for hydroxylation is 1. The largest absolute Gasteiger partial charge is 0.431 e.